The minimum Gasteiger partial charge on any atom is -0.440 e. The summed E-state index contributed by atoms with van der Waals surface area (Å²) in [4.78, 5) is 4.72. The van der Waals surface area contributed by atoms with E-state index in [1.165, 1.54) is 16.1 Å². The fourth-order valence-electron chi connectivity index (χ4n) is 3.31. The summed E-state index contributed by atoms with van der Waals surface area (Å²) in [6.45, 7) is 4.50. The molecule has 0 fully saturated rings. The number of nitrogens with zero attached hydrogens (tertiary/aromatic N) is 5. The summed E-state index contributed by atoms with van der Waals surface area (Å²) in [6.07, 6.45) is 0. The summed E-state index contributed by atoms with van der Waals surface area (Å²) in [7, 11) is -1.69. The zero-order chi connectivity index (χ0) is 22.0. The van der Waals surface area contributed by atoms with Crippen LogP contribution in [0.4, 0.5) is 0 Å². The molecule has 31 heavy (non-hydrogen) atoms. The Morgan fingerprint density at radius 3 is 2.58 bits per heavy atom. The zero-order valence-corrected chi connectivity index (χ0v) is 19.2. The highest BCUT2D eigenvalue weighted by molar-refractivity contribution is 7.98. The monoisotopic (exact) mass is 457 g/mol. The van der Waals surface area contributed by atoms with E-state index in [1.807, 2.05) is 55.8 Å². The molecule has 2 heterocycles. The lowest BCUT2D eigenvalue weighted by Gasteiger charge is -2.18. The molecule has 0 amide bonds. The molecular weight excluding hydrogens is 434 g/mol. The third kappa shape index (κ3) is 4.23. The van der Waals surface area contributed by atoms with Gasteiger partial charge in [0.1, 0.15) is 5.52 Å². The topological polar surface area (TPSA) is 94.1 Å². The van der Waals surface area contributed by atoms with Crippen LogP contribution in [-0.4, -0.2) is 45.6 Å². The molecule has 0 saturated carbocycles. The van der Waals surface area contributed by atoms with Gasteiger partial charge in [-0.1, -0.05) is 49.9 Å². The molecule has 0 aliphatic carbocycles. The van der Waals surface area contributed by atoms with Gasteiger partial charge in [0.2, 0.25) is 15.9 Å². The molecule has 0 aliphatic heterocycles. The fourth-order valence-corrected chi connectivity index (χ4v) is 5.57. The Bertz CT molecular complexity index is 1280. The van der Waals surface area contributed by atoms with Gasteiger partial charge in [-0.3, -0.25) is 0 Å². The van der Waals surface area contributed by atoms with Crippen LogP contribution >= 0.6 is 11.8 Å². The van der Waals surface area contributed by atoms with Crippen molar-refractivity contribution in [3.05, 3.63) is 54.4 Å². The molecule has 0 aliphatic rings. The van der Waals surface area contributed by atoms with Gasteiger partial charge in [-0.05, 0) is 24.3 Å². The van der Waals surface area contributed by atoms with Gasteiger partial charge in [0.15, 0.2) is 16.6 Å². The standard InChI is InChI=1S/C21H23N5O3S2/c1-4-26(5-2)31(27,28)16-10-8-9-15(13-16)20-23-24-21(25(20)3)30-14-19-22-17-11-6-7-12-18(17)29-19/h6-13H,4-5,14H2,1-3H3. The number of sulfonamides is 1. The van der Waals surface area contributed by atoms with Crippen molar-refractivity contribution in [3.8, 4) is 11.4 Å². The lowest BCUT2D eigenvalue weighted by atomic mass is 10.2. The Balaban J connectivity index is 1.56. The van der Waals surface area contributed by atoms with E-state index in [2.05, 4.69) is 15.2 Å². The molecule has 4 rings (SSSR count). The van der Waals surface area contributed by atoms with Gasteiger partial charge >= 0.3 is 0 Å². The highest BCUT2D eigenvalue weighted by atomic mass is 32.2. The second kappa shape index (κ2) is 8.81. The third-order valence-electron chi connectivity index (χ3n) is 4.93. The number of para-hydroxylation sites is 2. The van der Waals surface area contributed by atoms with E-state index in [0.29, 0.717) is 41.3 Å². The molecular formula is C21H23N5O3S2. The van der Waals surface area contributed by atoms with Crippen molar-refractivity contribution in [2.45, 2.75) is 29.7 Å². The van der Waals surface area contributed by atoms with E-state index < -0.39 is 10.0 Å². The van der Waals surface area contributed by atoms with Crippen molar-refractivity contribution >= 4 is 32.9 Å². The minimum atomic E-state index is -3.55. The predicted octanol–water partition coefficient (Wildman–Crippen LogP) is 3.95. The van der Waals surface area contributed by atoms with E-state index in [1.54, 1.807) is 18.2 Å². The molecule has 2 aromatic heterocycles. The molecule has 10 heteroatoms. The average molecular weight is 458 g/mol. The van der Waals surface area contributed by atoms with Crippen molar-refractivity contribution in [3.63, 3.8) is 0 Å². The van der Waals surface area contributed by atoms with Crippen LogP contribution in [0.25, 0.3) is 22.5 Å². The second-order valence-corrected chi connectivity index (χ2v) is 9.73. The van der Waals surface area contributed by atoms with Crippen molar-refractivity contribution < 1.29 is 12.8 Å². The van der Waals surface area contributed by atoms with Gasteiger partial charge in [0.25, 0.3) is 0 Å². The highest BCUT2D eigenvalue weighted by Gasteiger charge is 2.23. The van der Waals surface area contributed by atoms with E-state index in [-0.39, 0.29) is 4.90 Å². The fraction of sp³-hybridized carbons (Fsp3) is 0.286. The molecule has 0 spiro atoms. The van der Waals surface area contributed by atoms with Crippen LogP contribution in [-0.2, 0) is 22.8 Å². The van der Waals surface area contributed by atoms with Gasteiger partial charge in [0.05, 0.1) is 10.6 Å². The first-order valence-corrected chi connectivity index (χ1v) is 12.3. The van der Waals surface area contributed by atoms with Crippen molar-refractivity contribution in [1.82, 2.24) is 24.1 Å². The summed E-state index contributed by atoms with van der Waals surface area (Å²) < 4.78 is 34.8. The molecule has 0 unspecified atom stereocenters. The summed E-state index contributed by atoms with van der Waals surface area (Å²) in [5.74, 6) is 1.72. The summed E-state index contributed by atoms with van der Waals surface area (Å²) in [6, 6.07) is 14.4. The molecule has 4 aromatic rings. The maximum Gasteiger partial charge on any atom is 0.243 e. The quantitative estimate of drug-likeness (QED) is 0.370. The Hall–Kier alpha value is -2.69. The molecule has 8 nitrogen and oxygen atoms in total. The smallest absolute Gasteiger partial charge is 0.243 e. The lowest BCUT2D eigenvalue weighted by molar-refractivity contribution is 0.445. The van der Waals surface area contributed by atoms with E-state index in [9.17, 15) is 8.42 Å². The number of hydrogen-bond acceptors (Lipinski definition) is 7. The van der Waals surface area contributed by atoms with Crippen molar-refractivity contribution in [2.75, 3.05) is 13.1 Å². The first kappa shape index (κ1) is 21.5. The van der Waals surface area contributed by atoms with E-state index >= 15 is 0 Å². The van der Waals surface area contributed by atoms with Gasteiger partial charge in [-0.15, -0.1) is 10.2 Å². The van der Waals surface area contributed by atoms with Crippen LogP contribution in [0.3, 0.4) is 0 Å². The number of oxazole rings is 1. The lowest BCUT2D eigenvalue weighted by Crippen LogP contribution is -2.30. The summed E-state index contributed by atoms with van der Waals surface area (Å²) >= 11 is 1.46. The first-order chi connectivity index (χ1) is 14.9. The summed E-state index contributed by atoms with van der Waals surface area (Å²) in [5.41, 5.74) is 2.27. The molecule has 0 bridgehead atoms. The number of thioether (sulfide) groups is 1. The van der Waals surface area contributed by atoms with E-state index in [0.717, 1.165) is 11.1 Å². The zero-order valence-electron chi connectivity index (χ0n) is 17.5. The van der Waals surface area contributed by atoms with Crippen molar-refractivity contribution in [1.29, 1.82) is 0 Å². The second-order valence-electron chi connectivity index (χ2n) is 6.85. The van der Waals surface area contributed by atoms with Crippen LogP contribution in [0.5, 0.6) is 0 Å². The maximum atomic E-state index is 12.9. The number of rotatable bonds is 8. The Labute approximate surface area is 185 Å². The number of benzene rings is 2. The number of aromatic nitrogens is 4. The van der Waals surface area contributed by atoms with Crippen LogP contribution < -0.4 is 0 Å². The Morgan fingerprint density at radius 2 is 1.84 bits per heavy atom. The Kier molecular flexibility index (Phi) is 6.12. The highest BCUT2D eigenvalue weighted by Crippen LogP contribution is 2.28. The Morgan fingerprint density at radius 1 is 1.06 bits per heavy atom. The molecule has 0 saturated heterocycles. The first-order valence-electron chi connectivity index (χ1n) is 9.91. The van der Waals surface area contributed by atoms with Crippen molar-refractivity contribution in [2.24, 2.45) is 7.05 Å². The van der Waals surface area contributed by atoms with Crippen LogP contribution in [0.15, 0.2) is 63.0 Å². The maximum absolute atomic E-state index is 12.9. The van der Waals surface area contributed by atoms with Crippen LogP contribution in [0.1, 0.15) is 19.7 Å². The molecule has 2 aromatic carbocycles. The normalized spacial score (nSPS) is 12.1. The minimum absolute atomic E-state index is 0.248. The third-order valence-corrected chi connectivity index (χ3v) is 7.98. The number of hydrogen-bond donors (Lipinski definition) is 0. The van der Waals surface area contributed by atoms with Gasteiger partial charge in [0, 0.05) is 25.7 Å². The molecule has 0 N–H and O–H groups in total. The van der Waals surface area contributed by atoms with E-state index in [4.69, 9.17) is 4.42 Å². The predicted molar refractivity (Wildman–Crippen MR) is 120 cm³/mol. The van der Waals surface area contributed by atoms with Gasteiger partial charge in [-0.2, -0.15) is 4.31 Å². The summed E-state index contributed by atoms with van der Waals surface area (Å²) in [5, 5.41) is 9.24. The van der Waals surface area contributed by atoms with Crippen LogP contribution in [0, 0.1) is 0 Å². The van der Waals surface area contributed by atoms with Gasteiger partial charge in [-0.25, -0.2) is 13.4 Å². The van der Waals surface area contributed by atoms with Gasteiger partial charge < -0.3 is 8.98 Å². The molecule has 162 valence electrons. The molecule has 0 radical (unpaired) electrons. The SMILES string of the molecule is CCN(CC)S(=O)(=O)c1cccc(-c2nnc(SCc3nc4ccccc4o3)n2C)c1. The van der Waals surface area contributed by atoms with Crippen LogP contribution in [0.2, 0.25) is 0 Å². The largest absolute Gasteiger partial charge is 0.440 e. The molecule has 0 atom stereocenters. The average Bonchev–Trinajstić information content (AvgIpc) is 3.36. The number of fused-ring (bicyclic) bond motifs is 1.